The van der Waals surface area contributed by atoms with E-state index in [1.165, 1.54) is 19.3 Å². The fourth-order valence-corrected chi connectivity index (χ4v) is 2.67. The van der Waals surface area contributed by atoms with E-state index < -0.39 is 0 Å². The molecule has 0 aliphatic carbocycles. The maximum absolute atomic E-state index is 12.2. The first-order valence-corrected chi connectivity index (χ1v) is 10.6. The van der Waals surface area contributed by atoms with Gasteiger partial charge in [-0.3, -0.25) is 4.79 Å². The van der Waals surface area contributed by atoms with Gasteiger partial charge in [-0.1, -0.05) is 40.0 Å². The van der Waals surface area contributed by atoms with E-state index in [1.807, 2.05) is 48.5 Å². The molecule has 2 aromatic rings. The third kappa shape index (κ3) is 9.37. The molecule has 0 saturated heterocycles. The summed E-state index contributed by atoms with van der Waals surface area (Å²) in [6.45, 7) is 8.05. The van der Waals surface area contributed by atoms with Crippen LogP contribution in [0.2, 0.25) is 0 Å². The molecule has 0 radical (unpaired) electrons. The number of anilines is 2. The van der Waals surface area contributed by atoms with Crippen LogP contribution < -0.4 is 20.1 Å². The molecule has 0 spiro atoms. The van der Waals surface area contributed by atoms with E-state index in [0.717, 1.165) is 35.9 Å². The van der Waals surface area contributed by atoms with Crippen molar-refractivity contribution in [3.8, 4) is 11.5 Å². The SMILES string of the molecule is CCCCCCOc1ccc(NC(=O)CNc2ccc(OCC(C)C)cc2)cc1. The molecule has 2 N–H and O–H groups in total. The highest BCUT2D eigenvalue weighted by Gasteiger charge is 2.04. The van der Waals surface area contributed by atoms with Crippen LogP contribution in [0.15, 0.2) is 48.5 Å². The monoisotopic (exact) mass is 398 g/mol. The first-order chi connectivity index (χ1) is 14.1. The van der Waals surface area contributed by atoms with Crippen LogP contribution in [0.1, 0.15) is 46.5 Å². The first kappa shape index (κ1) is 22.6. The lowest BCUT2D eigenvalue weighted by Crippen LogP contribution is -2.21. The quantitative estimate of drug-likeness (QED) is 0.423. The summed E-state index contributed by atoms with van der Waals surface area (Å²) >= 11 is 0. The van der Waals surface area contributed by atoms with Crippen molar-refractivity contribution in [2.45, 2.75) is 46.5 Å². The molecule has 0 aliphatic rings. The van der Waals surface area contributed by atoms with Gasteiger partial charge in [0.25, 0.3) is 0 Å². The van der Waals surface area contributed by atoms with E-state index in [9.17, 15) is 4.79 Å². The molecule has 0 heterocycles. The molecule has 0 bridgehead atoms. The smallest absolute Gasteiger partial charge is 0.243 e. The second-order valence-corrected chi connectivity index (χ2v) is 7.56. The van der Waals surface area contributed by atoms with Gasteiger partial charge in [0.1, 0.15) is 11.5 Å². The van der Waals surface area contributed by atoms with E-state index in [-0.39, 0.29) is 12.5 Å². The zero-order valence-electron chi connectivity index (χ0n) is 17.9. The summed E-state index contributed by atoms with van der Waals surface area (Å²) in [5.41, 5.74) is 1.64. The van der Waals surface area contributed by atoms with Gasteiger partial charge >= 0.3 is 0 Å². The molecule has 0 unspecified atom stereocenters. The van der Waals surface area contributed by atoms with Crippen LogP contribution in [0, 0.1) is 5.92 Å². The Morgan fingerprint density at radius 1 is 0.862 bits per heavy atom. The lowest BCUT2D eigenvalue weighted by atomic mass is 10.2. The van der Waals surface area contributed by atoms with Crippen molar-refractivity contribution in [3.05, 3.63) is 48.5 Å². The van der Waals surface area contributed by atoms with Crippen molar-refractivity contribution >= 4 is 17.3 Å². The molecule has 0 fully saturated rings. The number of benzene rings is 2. The van der Waals surface area contributed by atoms with Crippen LogP contribution in [0.25, 0.3) is 0 Å². The van der Waals surface area contributed by atoms with Crippen molar-refractivity contribution in [2.24, 2.45) is 5.92 Å². The van der Waals surface area contributed by atoms with Gasteiger partial charge in [0.2, 0.25) is 5.91 Å². The Labute approximate surface area is 174 Å². The summed E-state index contributed by atoms with van der Waals surface area (Å²) < 4.78 is 11.4. The van der Waals surface area contributed by atoms with E-state index in [4.69, 9.17) is 9.47 Å². The Kier molecular flexibility index (Phi) is 9.90. The molecule has 2 aromatic carbocycles. The molecule has 2 rings (SSSR count). The number of amides is 1. The Bertz CT molecular complexity index is 712. The molecular weight excluding hydrogens is 364 g/mol. The van der Waals surface area contributed by atoms with E-state index in [1.54, 1.807) is 0 Å². The van der Waals surface area contributed by atoms with Gasteiger partial charge in [-0.05, 0) is 60.9 Å². The normalized spacial score (nSPS) is 10.6. The summed E-state index contributed by atoms with van der Waals surface area (Å²) in [6, 6.07) is 15.1. The number of hydrogen-bond acceptors (Lipinski definition) is 4. The Morgan fingerprint density at radius 2 is 1.48 bits per heavy atom. The van der Waals surface area contributed by atoms with Crippen LogP contribution in [-0.2, 0) is 4.79 Å². The van der Waals surface area contributed by atoms with Crippen molar-refractivity contribution in [1.82, 2.24) is 0 Å². The van der Waals surface area contributed by atoms with E-state index >= 15 is 0 Å². The third-order valence-corrected chi connectivity index (χ3v) is 4.30. The van der Waals surface area contributed by atoms with Gasteiger partial charge in [-0.2, -0.15) is 0 Å². The highest BCUT2D eigenvalue weighted by atomic mass is 16.5. The van der Waals surface area contributed by atoms with Gasteiger partial charge in [0, 0.05) is 11.4 Å². The van der Waals surface area contributed by atoms with Crippen molar-refractivity contribution < 1.29 is 14.3 Å². The van der Waals surface area contributed by atoms with E-state index in [2.05, 4.69) is 31.4 Å². The number of nitrogens with one attached hydrogen (secondary N) is 2. The minimum atomic E-state index is -0.0987. The molecule has 0 saturated carbocycles. The lowest BCUT2D eigenvalue weighted by molar-refractivity contribution is -0.114. The fraction of sp³-hybridized carbons (Fsp3) is 0.458. The van der Waals surface area contributed by atoms with Gasteiger partial charge in [0.05, 0.1) is 19.8 Å². The van der Waals surface area contributed by atoms with Crippen LogP contribution >= 0.6 is 0 Å². The number of hydrogen-bond donors (Lipinski definition) is 2. The number of carbonyl (C=O) groups excluding carboxylic acids is 1. The summed E-state index contributed by atoms with van der Waals surface area (Å²) in [6.07, 6.45) is 4.74. The predicted molar refractivity (Wildman–Crippen MR) is 120 cm³/mol. The molecule has 158 valence electrons. The third-order valence-electron chi connectivity index (χ3n) is 4.30. The molecule has 0 atom stereocenters. The maximum Gasteiger partial charge on any atom is 0.243 e. The van der Waals surface area contributed by atoms with Gasteiger partial charge in [-0.25, -0.2) is 0 Å². The molecule has 1 amide bonds. The molecule has 0 aliphatic heterocycles. The largest absolute Gasteiger partial charge is 0.494 e. The average molecular weight is 399 g/mol. The first-order valence-electron chi connectivity index (χ1n) is 10.6. The average Bonchev–Trinajstić information content (AvgIpc) is 2.72. The van der Waals surface area contributed by atoms with Gasteiger partial charge < -0.3 is 20.1 Å². The summed E-state index contributed by atoms with van der Waals surface area (Å²) in [4.78, 5) is 12.2. The number of rotatable bonds is 13. The molecule has 5 nitrogen and oxygen atoms in total. The molecule has 5 heteroatoms. The van der Waals surface area contributed by atoms with Crippen LogP contribution in [-0.4, -0.2) is 25.7 Å². The second kappa shape index (κ2) is 12.7. The Balaban J connectivity index is 1.69. The summed E-state index contributed by atoms with van der Waals surface area (Å²) in [5, 5.41) is 6.01. The van der Waals surface area contributed by atoms with Crippen molar-refractivity contribution in [3.63, 3.8) is 0 Å². The summed E-state index contributed by atoms with van der Waals surface area (Å²) in [5.74, 6) is 2.06. The Morgan fingerprint density at radius 3 is 2.10 bits per heavy atom. The maximum atomic E-state index is 12.2. The zero-order valence-corrected chi connectivity index (χ0v) is 17.9. The van der Waals surface area contributed by atoms with Crippen molar-refractivity contribution in [1.29, 1.82) is 0 Å². The van der Waals surface area contributed by atoms with Crippen LogP contribution in [0.4, 0.5) is 11.4 Å². The number of ether oxygens (including phenoxy) is 2. The molecule has 0 aromatic heterocycles. The molecule has 29 heavy (non-hydrogen) atoms. The van der Waals surface area contributed by atoms with Gasteiger partial charge in [-0.15, -0.1) is 0 Å². The van der Waals surface area contributed by atoms with Crippen LogP contribution in [0.5, 0.6) is 11.5 Å². The van der Waals surface area contributed by atoms with Crippen molar-refractivity contribution in [2.75, 3.05) is 30.4 Å². The minimum Gasteiger partial charge on any atom is -0.494 e. The van der Waals surface area contributed by atoms with Crippen LogP contribution in [0.3, 0.4) is 0 Å². The molecular formula is C24H34N2O3. The zero-order chi connectivity index (χ0) is 20.9. The highest BCUT2D eigenvalue weighted by molar-refractivity contribution is 5.93. The predicted octanol–water partition coefficient (Wildman–Crippen LogP) is 5.73. The topological polar surface area (TPSA) is 59.6 Å². The number of carbonyl (C=O) groups is 1. The van der Waals surface area contributed by atoms with Gasteiger partial charge in [0.15, 0.2) is 0 Å². The standard InChI is InChI=1S/C24H34N2O3/c1-4-5-6-7-16-28-22-14-10-21(11-15-22)26-24(27)17-25-20-8-12-23(13-9-20)29-18-19(2)3/h8-15,19,25H,4-7,16-18H2,1-3H3,(H,26,27). The fourth-order valence-electron chi connectivity index (χ4n) is 2.67. The summed E-state index contributed by atoms with van der Waals surface area (Å²) in [7, 11) is 0. The highest BCUT2D eigenvalue weighted by Crippen LogP contribution is 2.18. The second-order valence-electron chi connectivity index (χ2n) is 7.56. The minimum absolute atomic E-state index is 0.0987. The lowest BCUT2D eigenvalue weighted by Gasteiger charge is -2.11. The van der Waals surface area contributed by atoms with E-state index in [0.29, 0.717) is 12.5 Å². The number of unbranched alkanes of at least 4 members (excludes halogenated alkanes) is 3. The Hall–Kier alpha value is -2.69.